The standard InChI is InChI=1S/C9H15N3O2S/c1-5-10-8(13)14-12-7-11-6(2)9(3,4)15-7/h5H2,1-4H3,(H,10,13). The lowest BCUT2D eigenvalue weighted by molar-refractivity contribution is 0.151. The molecule has 1 rings (SSSR count). The van der Waals surface area contributed by atoms with E-state index in [1.165, 1.54) is 11.8 Å². The Labute approximate surface area is 93.3 Å². The molecular weight excluding hydrogens is 214 g/mol. The third-order valence-electron chi connectivity index (χ3n) is 2.01. The number of hydrogen-bond acceptors (Lipinski definition) is 4. The van der Waals surface area contributed by atoms with Crippen LogP contribution in [-0.4, -0.2) is 28.3 Å². The molecule has 0 radical (unpaired) electrons. The van der Waals surface area contributed by atoms with Gasteiger partial charge in [-0.25, -0.2) is 9.79 Å². The average molecular weight is 229 g/mol. The Morgan fingerprint density at radius 1 is 1.67 bits per heavy atom. The number of rotatable bonds is 2. The molecule has 1 amide bonds. The minimum atomic E-state index is -0.553. The van der Waals surface area contributed by atoms with Crippen molar-refractivity contribution in [3.63, 3.8) is 0 Å². The molecule has 1 aliphatic rings. The van der Waals surface area contributed by atoms with Gasteiger partial charge in [0.1, 0.15) is 0 Å². The highest BCUT2D eigenvalue weighted by atomic mass is 32.2. The van der Waals surface area contributed by atoms with Crippen LogP contribution in [0.25, 0.3) is 0 Å². The van der Waals surface area contributed by atoms with Crippen molar-refractivity contribution in [1.82, 2.24) is 5.32 Å². The predicted octanol–water partition coefficient (Wildman–Crippen LogP) is 1.99. The van der Waals surface area contributed by atoms with Crippen molar-refractivity contribution in [2.45, 2.75) is 32.4 Å². The normalized spacial score (nSPS) is 21.3. The highest BCUT2D eigenvalue weighted by Crippen LogP contribution is 2.33. The van der Waals surface area contributed by atoms with Gasteiger partial charge in [-0.1, -0.05) is 11.8 Å². The molecule has 1 heterocycles. The highest BCUT2D eigenvalue weighted by Gasteiger charge is 2.31. The second kappa shape index (κ2) is 4.65. The Morgan fingerprint density at radius 3 is 2.80 bits per heavy atom. The molecule has 0 aliphatic carbocycles. The fourth-order valence-electron chi connectivity index (χ4n) is 0.899. The quantitative estimate of drug-likeness (QED) is 0.581. The number of amides is 1. The third kappa shape index (κ3) is 3.23. The summed E-state index contributed by atoms with van der Waals surface area (Å²) in [5.74, 6) is 0. The molecule has 0 aromatic rings. The number of amidine groups is 1. The molecular formula is C9H15N3O2S. The van der Waals surface area contributed by atoms with Gasteiger partial charge in [0.2, 0.25) is 5.17 Å². The topological polar surface area (TPSA) is 63.0 Å². The van der Waals surface area contributed by atoms with Crippen molar-refractivity contribution in [3.8, 4) is 0 Å². The number of thioether (sulfide) groups is 1. The first-order valence-electron chi connectivity index (χ1n) is 4.73. The van der Waals surface area contributed by atoms with E-state index >= 15 is 0 Å². The molecule has 0 saturated carbocycles. The van der Waals surface area contributed by atoms with Crippen molar-refractivity contribution >= 4 is 28.7 Å². The summed E-state index contributed by atoms with van der Waals surface area (Å²) >= 11 is 1.48. The van der Waals surface area contributed by atoms with Gasteiger partial charge in [-0.15, -0.1) is 0 Å². The van der Waals surface area contributed by atoms with Crippen LogP contribution in [0.15, 0.2) is 10.1 Å². The molecule has 5 nitrogen and oxygen atoms in total. The molecule has 1 N–H and O–H groups in total. The van der Waals surface area contributed by atoms with E-state index < -0.39 is 6.09 Å². The summed E-state index contributed by atoms with van der Waals surface area (Å²) in [6.45, 7) is 8.35. The smallest absolute Gasteiger partial charge is 0.320 e. The van der Waals surface area contributed by atoms with Crippen molar-refractivity contribution in [3.05, 3.63) is 0 Å². The zero-order chi connectivity index (χ0) is 11.5. The summed E-state index contributed by atoms with van der Waals surface area (Å²) in [6, 6.07) is 0. The van der Waals surface area contributed by atoms with Crippen LogP contribution in [0.5, 0.6) is 0 Å². The van der Waals surface area contributed by atoms with E-state index in [4.69, 9.17) is 0 Å². The average Bonchev–Trinajstić information content (AvgIpc) is 2.38. The molecule has 84 valence electrons. The number of aliphatic imine (C=N–C) groups is 1. The summed E-state index contributed by atoms with van der Waals surface area (Å²) in [5.41, 5.74) is 0.978. The van der Waals surface area contributed by atoms with Gasteiger partial charge in [-0.05, 0) is 32.9 Å². The SMILES string of the molecule is CCNC(=O)ON=C1N=C(C)C(C)(C)S1. The van der Waals surface area contributed by atoms with Gasteiger partial charge in [-0.2, -0.15) is 0 Å². The van der Waals surface area contributed by atoms with Crippen molar-refractivity contribution in [1.29, 1.82) is 0 Å². The maximum atomic E-state index is 10.9. The first-order valence-corrected chi connectivity index (χ1v) is 5.55. The Kier molecular flexibility index (Phi) is 3.73. The van der Waals surface area contributed by atoms with Gasteiger partial charge >= 0.3 is 6.09 Å². The first kappa shape index (κ1) is 12.0. The zero-order valence-electron chi connectivity index (χ0n) is 9.33. The molecule has 1 aliphatic heterocycles. The van der Waals surface area contributed by atoms with Crippen LogP contribution in [0.2, 0.25) is 0 Å². The fourth-order valence-corrected chi connectivity index (χ4v) is 1.81. The lowest BCUT2D eigenvalue weighted by Crippen LogP contribution is -2.22. The summed E-state index contributed by atoms with van der Waals surface area (Å²) in [5, 5.41) is 6.63. The van der Waals surface area contributed by atoms with Crippen molar-refractivity contribution < 1.29 is 9.63 Å². The lowest BCUT2D eigenvalue weighted by atomic mass is 10.1. The monoisotopic (exact) mass is 229 g/mol. The highest BCUT2D eigenvalue weighted by molar-refractivity contribution is 8.16. The van der Waals surface area contributed by atoms with E-state index in [1.807, 2.05) is 27.7 Å². The van der Waals surface area contributed by atoms with E-state index in [2.05, 4.69) is 20.3 Å². The Bertz CT molecular complexity index is 323. The summed E-state index contributed by atoms with van der Waals surface area (Å²) in [4.78, 5) is 19.8. The molecule has 0 saturated heterocycles. The maximum absolute atomic E-state index is 10.9. The molecule has 0 spiro atoms. The fraction of sp³-hybridized carbons (Fsp3) is 0.667. The molecule has 0 unspecified atom stereocenters. The van der Waals surface area contributed by atoms with Gasteiger partial charge in [-0.3, -0.25) is 4.84 Å². The van der Waals surface area contributed by atoms with Crippen LogP contribution in [-0.2, 0) is 4.84 Å². The van der Waals surface area contributed by atoms with Crippen LogP contribution in [0.1, 0.15) is 27.7 Å². The molecule has 6 heteroatoms. The van der Waals surface area contributed by atoms with E-state index in [1.54, 1.807) is 0 Å². The number of nitrogens with zero attached hydrogens (tertiary/aromatic N) is 2. The third-order valence-corrected chi connectivity index (χ3v) is 3.16. The number of hydrogen-bond donors (Lipinski definition) is 1. The van der Waals surface area contributed by atoms with Crippen LogP contribution in [0, 0.1) is 0 Å². The Balaban J connectivity index is 2.54. The van der Waals surface area contributed by atoms with Gasteiger partial charge in [0.05, 0.1) is 4.75 Å². The van der Waals surface area contributed by atoms with Gasteiger partial charge < -0.3 is 5.32 Å². The Morgan fingerprint density at radius 2 is 2.33 bits per heavy atom. The maximum Gasteiger partial charge on any atom is 0.433 e. The summed E-state index contributed by atoms with van der Waals surface area (Å²) < 4.78 is -0.0660. The number of oxime groups is 1. The molecule has 0 aromatic carbocycles. The van der Waals surface area contributed by atoms with E-state index in [-0.39, 0.29) is 4.75 Å². The Hall–Kier alpha value is -1.04. The largest absolute Gasteiger partial charge is 0.433 e. The van der Waals surface area contributed by atoms with Crippen molar-refractivity contribution in [2.75, 3.05) is 6.54 Å². The minimum absolute atomic E-state index is 0.0660. The van der Waals surface area contributed by atoms with E-state index in [0.29, 0.717) is 11.7 Å². The number of nitrogens with one attached hydrogen (secondary N) is 1. The number of carbonyl (C=O) groups excluding carboxylic acids is 1. The summed E-state index contributed by atoms with van der Waals surface area (Å²) in [6.07, 6.45) is -0.553. The molecule has 15 heavy (non-hydrogen) atoms. The first-order chi connectivity index (χ1) is 6.95. The van der Waals surface area contributed by atoms with Gasteiger partial charge in [0, 0.05) is 12.3 Å². The number of carbonyl (C=O) groups is 1. The predicted molar refractivity (Wildman–Crippen MR) is 62.4 cm³/mol. The van der Waals surface area contributed by atoms with E-state index in [9.17, 15) is 4.79 Å². The minimum Gasteiger partial charge on any atom is -0.320 e. The molecule has 0 aromatic heterocycles. The molecule has 0 bridgehead atoms. The molecule has 0 fully saturated rings. The second-order valence-electron chi connectivity index (χ2n) is 3.59. The van der Waals surface area contributed by atoms with E-state index in [0.717, 1.165) is 5.71 Å². The lowest BCUT2D eigenvalue weighted by Gasteiger charge is -2.14. The summed E-state index contributed by atoms with van der Waals surface area (Å²) in [7, 11) is 0. The van der Waals surface area contributed by atoms with Crippen LogP contribution in [0.3, 0.4) is 0 Å². The van der Waals surface area contributed by atoms with Gasteiger partial charge in [0.15, 0.2) is 0 Å². The van der Waals surface area contributed by atoms with Crippen LogP contribution < -0.4 is 5.32 Å². The second-order valence-corrected chi connectivity index (χ2v) is 5.18. The van der Waals surface area contributed by atoms with Crippen molar-refractivity contribution in [2.24, 2.45) is 10.1 Å². The van der Waals surface area contributed by atoms with Gasteiger partial charge in [0.25, 0.3) is 0 Å². The van der Waals surface area contributed by atoms with Crippen LogP contribution in [0.4, 0.5) is 4.79 Å². The molecule has 0 atom stereocenters. The zero-order valence-corrected chi connectivity index (χ0v) is 10.1. The van der Waals surface area contributed by atoms with Crippen LogP contribution >= 0.6 is 11.8 Å².